The summed E-state index contributed by atoms with van der Waals surface area (Å²) in [6.07, 6.45) is -4.73. The minimum Gasteiger partial charge on any atom is -0.345 e. The van der Waals surface area contributed by atoms with Crippen molar-refractivity contribution >= 4 is 50.1 Å². The van der Waals surface area contributed by atoms with Crippen LogP contribution in [0.2, 0.25) is 0 Å². The van der Waals surface area contributed by atoms with Crippen LogP contribution in [0.25, 0.3) is 10.9 Å². The van der Waals surface area contributed by atoms with Gasteiger partial charge in [-0.15, -0.1) is 0 Å². The molecule has 4 aromatic rings. The largest absolute Gasteiger partial charge is 0.433 e. The Bertz CT molecular complexity index is 1600. The van der Waals surface area contributed by atoms with Crippen molar-refractivity contribution in [1.29, 1.82) is 0 Å². The Morgan fingerprint density at radius 2 is 1.69 bits per heavy atom. The number of halogens is 4. The Morgan fingerprint density at radius 1 is 1.00 bits per heavy atom. The summed E-state index contributed by atoms with van der Waals surface area (Å²) in [5.41, 5.74) is 1.40. The van der Waals surface area contributed by atoms with Gasteiger partial charge < -0.3 is 10.6 Å². The van der Waals surface area contributed by atoms with Crippen LogP contribution in [0.4, 0.5) is 18.9 Å². The number of fused-ring (bicyclic) bond motifs is 1. The topological polar surface area (TPSA) is 106 Å². The number of aromatic nitrogens is 3. The minimum atomic E-state index is -4.73. The lowest BCUT2D eigenvalue weighted by molar-refractivity contribution is -0.141. The highest BCUT2D eigenvalue weighted by Gasteiger charge is 2.34. The van der Waals surface area contributed by atoms with Crippen LogP contribution in [0.1, 0.15) is 50.3 Å². The first kappa shape index (κ1) is 28.0. The average molecular weight is 602 g/mol. The summed E-state index contributed by atoms with van der Waals surface area (Å²) < 4.78 is 42.7. The zero-order valence-corrected chi connectivity index (χ0v) is 22.7. The maximum absolute atomic E-state index is 13.5. The molecule has 0 bridgehead atoms. The molecule has 0 atom stereocenters. The van der Waals surface area contributed by atoms with Crippen LogP contribution in [0.3, 0.4) is 0 Å². The predicted octanol–water partition coefficient (Wildman–Crippen LogP) is 5.45. The van der Waals surface area contributed by atoms with E-state index in [0.29, 0.717) is 33.7 Å². The fraction of sp³-hybridized carbons (Fsp3) is 0.222. The second-order valence-electron chi connectivity index (χ2n) is 8.95. The maximum atomic E-state index is 13.5. The molecule has 2 aromatic heterocycles. The van der Waals surface area contributed by atoms with E-state index in [4.69, 9.17) is 0 Å². The van der Waals surface area contributed by atoms with E-state index in [0.717, 1.165) is 11.6 Å². The van der Waals surface area contributed by atoms with Crippen LogP contribution in [-0.4, -0.2) is 38.9 Å². The van der Waals surface area contributed by atoms with E-state index in [1.54, 1.807) is 54.9 Å². The van der Waals surface area contributed by atoms with Crippen molar-refractivity contribution in [3.8, 4) is 0 Å². The Balaban J connectivity index is 1.58. The standard InChI is InChI=1S/C27H23BrF3N5O3/c1-14(37)12-32-25(38)18-6-4-17(5-7-18)13-36-16(3)24(15(2)35-36)34-26(39)21-11-23(27(29,30)31)33-22-9-8-19(28)10-20(21)22/h4-11H,12-13H2,1-3H3,(H,32,38)(H,34,39). The van der Waals surface area contributed by atoms with Gasteiger partial charge in [-0.3, -0.25) is 19.1 Å². The molecule has 202 valence electrons. The van der Waals surface area contributed by atoms with Crippen LogP contribution in [0.5, 0.6) is 0 Å². The summed E-state index contributed by atoms with van der Waals surface area (Å²) in [7, 11) is 0. The van der Waals surface area contributed by atoms with Gasteiger partial charge in [0.15, 0.2) is 0 Å². The molecule has 0 fully saturated rings. The van der Waals surface area contributed by atoms with Crippen LogP contribution < -0.4 is 10.6 Å². The number of pyridine rings is 1. The number of alkyl halides is 3. The van der Waals surface area contributed by atoms with Gasteiger partial charge in [-0.2, -0.15) is 18.3 Å². The van der Waals surface area contributed by atoms with Crippen LogP contribution in [0.15, 0.2) is 53.0 Å². The minimum absolute atomic E-state index is 0.0423. The molecule has 0 aliphatic carbocycles. The second kappa shape index (κ2) is 11.0. The van der Waals surface area contributed by atoms with Crippen LogP contribution in [-0.2, 0) is 17.5 Å². The monoisotopic (exact) mass is 601 g/mol. The molecule has 8 nitrogen and oxygen atoms in total. The smallest absolute Gasteiger partial charge is 0.345 e. The summed E-state index contributed by atoms with van der Waals surface area (Å²) in [6.45, 7) is 5.07. The van der Waals surface area contributed by atoms with E-state index in [2.05, 4.69) is 36.6 Å². The molecule has 2 heterocycles. The number of benzene rings is 2. The number of amides is 2. The highest BCUT2D eigenvalue weighted by atomic mass is 79.9. The molecule has 0 unspecified atom stereocenters. The average Bonchev–Trinajstić information content (AvgIpc) is 3.13. The lowest BCUT2D eigenvalue weighted by atomic mass is 10.1. The number of rotatable bonds is 7. The van der Waals surface area contributed by atoms with Gasteiger partial charge in [0.25, 0.3) is 11.8 Å². The highest BCUT2D eigenvalue weighted by molar-refractivity contribution is 9.10. The molecule has 0 radical (unpaired) electrons. The van der Waals surface area contributed by atoms with E-state index in [1.807, 2.05) is 0 Å². The number of aryl methyl sites for hydroxylation is 1. The molecule has 2 N–H and O–H groups in total. The first-order chi connectivity index (χ1) is 18.3. The molecule has 2 aromatic carbocycles. The molecule has 0 aliphatic rings. The summed E-state index contributed by atoms with van der Waals surface area (Å²) >= 11 is 3.29. The van der Waals surface area contributed by atoms with Gasteiger partial charge in [-0.05, 0) is 62.7 Å². The van der Waals surface area contributed by atoms with Crippen molar-refractivity contribution in [1.82, 2.24) is 20.1 Å². The zero-order valence-electron chi connectivity index (χ0n) is 21.1. The van der Waals surface area contributed by atoms with E-state index < -0.39 is 17.8 Å². The number of hydrogen-bond donors (Lipinski definition) is 2. The number of carbonyl (C=O) groups is 3. The van der Waals surface area contributed by atoms with E-state index in [-0.39, 0.29) is 34.7 Å². The first-order valence-corrected chi connectivity index (χ1v) is 12.5. The van der Waals surface area contributed by atoms with Gasteiger partial charge >= 0.3 is 6.18 Å². The molecule has 12 heteroatoms. The fourth-order valence-corrected chi connectivity index (χ4v) is 4.35. The lowest BCUT2D eigenvalue weighted by Crippen LogP contribution is -2.28. The van der Waals surface area contributed by atoms with Crippen molar-refractivity contribution in [3.63, 3.8) is 0 Å². The zero-order chi connectivity index (χ0) is 28.5. The second-order valence-corrected chi connectivity index (χ2v) is 9.87. The van der Waals surface area contributed by atoms with Crippen LogP contribution >= 0.6 is 15.9 Å². The molecule has 0 saturated carbocycles. The van der Waals surface area contributed by atoms with Crippen molar-refractivity contribution in [3.05, 3.63) is 86.8 Å². The third-order valence-corrected chi connectivity index (χ3v) is 6.47. The van der Waals surface area contributed by atoms with Gasteiger partial charge in [0, 0.05) is 15.4 Å². The van der Waals surface area contributed by atoms with Gasteiger partial charge in [-0.25, -0.2) is 4.98 Å². The normalized spacial score (nSPS) is 11.5. The molecule has 0 aliphatic heterocycles. The summed E-state index contributed by atoms with van der Waals surface area (Å²) in [5.74, 6) is -1.24. The van der Waals surface area contributed by atoms with Crippen LogP contribution in [0, 0.1) is 13.8 Å². The van der Waals surface area contributed by atoms with Gasteiger partial charge in [0.05, 0.1) is 41.2 Å². The number of nitrogens with one attached hydrogen (secondary N) is 2. The molecular weight excluding hydrogens is 579 g/mol. The molecule has 2 amide bonds. The van der Waals surface area contributed by atoms with E-state index >= 15 is 0 Å². The Labute approximate surface area is 229 Å². The number of anilines is 1. The third kappa shape index (κ3) is 6.33. The molecule has 39 heavy (non-hydrogen) atoms. The van der Waals surface area contributed by atoms with E-state index in [9.17, 15) is 27.6 Å². The summed E-state index contributed by atoms with van der Waals surface area (Å²) in [5, 5.41) is 10.0. The Kier molecular flexibility index (Phi) is 7.86. The SMILES string of the molecule is CC(=O)CNC(=O)c1ccc(Cn2nc(C)c(NC(=O)c3cc(C(F)(F)F)nc4ccc(Br)cc34)c2C)cc1. The van der Waals surface area contributed by atoms with Gasteiger partial charge in [0.1, 0.15) is 11.5 Å². The number of hydrogen-bond acceptors (Lipinski definition) is 5. The highest BCUT2D eigenvalue weighted by Crippen LogP contribution is 2.32. The first-order valence-electron chi connectivity index (χ1n) is 11.7. The number of Topliss-reactive ketones (excluding diaryl/α,β-unsaturated/α-hetero) is 1. The number of ketones is 1. The van der Waals surface area contributed by atoms with Gasteiger partial charge in [-0.1, -0.05) is 28.1 Å². The quantitative estimate of drug-likeness (QED) is 0.293. The Hall–Kier alpha value is -4.06. The van der Waals surface area contributed by atoms with Crippen molar-refractivity contribution in [2.45, 2.75) is 33.5 Å². The lowest BCUT2D eigenvalue weighted by Gasteiger charge is -2.13. The third-order valence-electron chi connectivity index (χ3n) is 5.97. The predicted molar refractivity (Wildman–Crippen MR) is 143 cm³/mol. The van der Waals surface area contributed by atoms with Crippen molar-refractivity contribution < 1.29 is 27.6 Å². The van der Waals surface area contributed by atoms with E-state index in [1.165, 1.54) is 13.0 Å². The van der Waals surface area contributed by atoms with Crippen molar-refractivity contribution in [2.24, 2.45) is 0 Å². The molecular formula is C27H23BrF3N5O3. The maximum Gasteiger partial charge on any atom is 0.433 e. The molecule has 0 spiro atoms. The van der Waals surface area contributed by atoms with Gasteiger partial charge in [0.2, 0.25) is 0 Å². The number of nitrogens with zero attached hydrogens (tertiary/aromatic N) is 3. The molecule has 4 rings (SSSR count). The number of carbonyl (C=O) groups excluding carboxylic acids is 3. The fourth-order valence-electron chi connectivity index (χ4n) is 3.98. The van der Waals surface area contributed by atoms with Crippen molar-refractivity contribution in [2.75, 3.05) is 11.9 Å². The summed E-state index contributed by atoms with van der Waals surface area (Å²) in [4.78, 5) is 40.1. The Morgan fingerprint density at radius 3 is 2.33 bits per heavy atom. The summed E-state index contributed by atoms with van der Waals surface area (Å²) in [6, 6.07) is 12.0. The molecule has 0 saturated heterocycles.